The zero-order chi connectivity index (χ0) is 14.4. The van der Waals surface area contributed by atoms with E-state index in [1.54, 1.807) is 7.11 Å². The highest BCUT2D eigenvalue weighted by atomic mass is 35.5. The molecule has 2 rings (SSSR count). The smallest absolute Gasteiger partial charge is 0.123 e. The molecule has 0 amide bonds. The van der Waals surface area contributed by atoms with Crippen LogP contribution in [0, 0.1) is 6.92 Å². The molecule has 20 heavy (non-hydrogen) atoms. The Balaban J connectivity index is 2.02. The number of rotatable bonds is 6. The number of alkyl halides is 1. The van der Waals surface area contributed by atoms with Gasteiger partial charge in [-0.3, -0.25) is 0 Å². The third-order valence-electron chi connectivity index (χ3n) is 3.26. The highest BCUT2D eigenvalue weighted by molar-refractivity contribution is 6.17. The van der Waals surface area contributed by atoms with Gasteiger partial charge in [-0.25, -0.2) is 0 Å². The first kappa shape index (κ1) is 14.7. The minimum absolute atomic E-state index is 0.660. The van der Waals surface area contributed by atoms with Gasteiger partial charge in [-0.1, -0.05) is 29.8 Å². The van der Waals surface area contributed by atoms with E-state index in [0.717, 1.165) is 30.0 Å². The second kappa shape index (κ2) is 7.20. The fourth-order valence-electron chi connectivity index (χ4n) is 2.14. The summed E-state index contributed by atoms with van der Waals surface area (Å²) in [6.45, 7) is 2.84. The molecule has 1 N–H and O–H groups in total. The van der Waals surface area contributed by atoms with Crippen LogP contribution in [0.5, 0.6) is 5.75 Å². The summed E-state index contributed by atoms with van der Waals surface area (Å²) in [6, 6.07) is 14.6. The van der Waals surface area contributed by atoms with Crippen LogP contribution in [0.4, 0.5) is 5.69 Å². The zero-order valence-electron chi connectivity index (χ0n) is 11.9. The van der Waals surface area contributed by atoms with E-state index >= 15 is 0 Å². The van der Waals surface area contributed by atoms with Gasteiger partial charge in [0, 0.05) is 23.7 Å². The topological polar surface area (TPSA) is 21.3 Å². The molecule has 0 saturated carbocycles. The number of hydrogen-bond donors (Lipinski definition) is 1. The van der Waals surface area contributed by atoms with Crippen molar-refractivity contribution in [1.82, 2.24) is 0 Å². The Morgan fingerprint density at radius 1 is 1.10 bits per heavy atom. The molecule has 0 spiro atoms. The van der Waals surface area contributed by atoms with E-state index in [-0.39, 0.29) is 0 Å². The Bertz CT molecular complexity index is 551. The number of methoxy groups -OCH3 is 1. The van der Waals surface area contributed by atoms with E-state index < -0.39 is 0 Å². The van der Waals surface area contributed by atoms with Crippen molar-refractivity contribution in [2.45, 2.75) is 19.9 Å². The third-order valence-corrected chi connectivity index (χ3v) is 3.44. The fraction of sp³-hybridized carbons (Fsp3) is 0.294. The van der Waals surface area contributed by atoms with Crippen LogP contribution >= 0.6 is 11.6 Å². The number of benzene rings is 2. The number of nitrogens with one attached hydrogen (secondary N) is 1. The lowest BCUT2D eigenvalue weighted by Crippen LogP contribution is -2.02. The predicted octanol–water partition coefficient (Wildman–Crippen LogP) is 4.40. The lowest BCUT2D eigenvalue weighted by Gasteiger charge is -2.12. The van der Waals surface area contributed by atoms with Crippen LogP contribution < -0.4 is 10.1 Å². The van der Waals surface area contributed by atoms with Crippen LogP contribution in [-0.4, -0.2) is 13.0 Å². The monoisotopic (exact) mass is 289 g/mol. The predicted molar refractivity (Wildman–Crippen MR) is 85.9 cm³/mol. The van der Waals surface area contributed by atoms with Crippen molar-refractivity contribution in [3.8, 4) is 5.75 Å². The van der Waals surface area contributed by atoms with Gasteiger partial charge in [0.05, 0.1) is 7.11 Å². The minimum Gasteiger partial charge on any atom is -0.496 e. The number of anilines is 1. The molecular weight excluding hydrogens is 270 g/mol. The van der Waals surface area contributed by atoms with Gasteiger partial charge in [-0.2, -0.15) is 0 Å². The third kappa shape index (κ3) is 3.91. The maximum Gasteiger partial charge on any atom is 0.123 e. The number of halogens is 1. The first-order valence-electron chi connectivity index (χ1n) is 6.75. The summed E-state index contributed by atoms with van der Waals surface area (Å²) in [5.74, 6) is 1.58. The molecule has 0 atom stereocenters. The van der Waals surface area contributed by atoms with Gasteiger partial charge in [0.15, 0.2) is 0 Å². The average Bonchev–Trinajstić information content (AvgIpc) is 2.47. The molecule has 2 nitrogen and oxygen atoms in total. The molecule has 0 aliphatic heterocycles. The standard InChI is InChI=1S/C17H20ClNO/c1-13-3-8-17(20-2)15(11-13)12-19-16-6-4-14(5-7-16)9-10-18/h3-8,11,19H,9-10,12H2,1-2H3. The average molecular weight is 290 g/mol. The first-order valence-corrected chi connectivity index (χ1v) is 7.28. The van der Waals surface area contributed by atoms with Gasteiger partial charge >= 0.3 is 0 Å². The van der Waals surface area contributed by atoms with Gasteiger partial charge in [-0.05, 0) is 37.1 Å². The molecule has 2 aromatic carbocycles. The van der Waals surface area contributed by atoms with Crippen molar-refractivity contribution in [1.29, 1.82) is 0 Å². The largest absolute Gasteiger partial charge is 0.496 e. The van der Waals surface area contributed by atoms with E-state index in [0.29, 0.717) is 5.88 Å². The van der Waals surface area contributed by atoms with E-state index in [1.807, 2.05) is 6.07 Å². The van der Waals surface area contributed by atoms with Gasteiger partial charge in [0.1, 0.15) is 5.75 Å². The molecule has 0 fully saturated rings. The van der Waals surface area contributed by atoms with Crippen LogP contribution in [0.3, 0.4) is 0 Å². The van der Waals surface area contributed by atoms with Gasteiger partial charge in [0.2, 0.25) is 0 Å². The van der Waals surface area contributed by atoms with Crippen LogP contribution in [0.2, 0.25) is 0 Å². The Labute approximate surface area is 125 Å². The van der Waals surface area contributed by atoms with Crippen molar-refractivity contribution in [2.24, 2.45) is 0 Å². The first-order chi connectivity index (χ1) is 9.72. The Kier molecular flexibility index (Phi) is 5.31. The molecule has 2 aromatic rings. The van der Waals surface area contributed by atoms with Crippen LogP contribution in [0.25, 0.3) is 0 Å². The molecule has 0 heterocycles. The van der Waals surface area contributed by atoms with Crippen molar-refractivity contribution in [3.05, 3.63) is 59.2 Å². The second-order valence-corrected chi connectivity index (χ2v) is 5.18. The Hall–Kier alpha value is -1.67. The second-order valence-electron chi connectivity index (χ2n) is 4.80. The van der Waals surface area contributed by atoms with E-state index in [2.05, 4.69) is 48.6 Å². The summed E-state index contributed by atoms with van der Waals surface area (Å²) in [5, 5.41) is 3.42. The van der Waals surface area contributed by atoms with Crippen molar-refractivity contribution < 1.29 is 4.74 Å². The molecule has 0 bridgehead atoms. The summed E-state index contributed by atoms with van der Waals surface area (Å²) >= 11 is 5.74. The summed E-state index contributed by atoms with van der Waals surface area (Å²) in [7, 11) is 1.70. The van der Waals surface area contributed by atoms with Crippen molar-refractivity contribution in [2.75, 3.05) is 18.3 Å². The normalized spacial score (nSPS) is 10.3. The fourth-order valence-corrected chi connectivity index (χ4v) is 2.36. The summed E-state index contributed by atoms with van der Waals surface area (Å²) in [4.78, 5) is 0. The van der Waals surface area contributed by atoms with E-state index in [1.165, 1.54) is 11.1 Å². The number of ether oxygens (including phenoxy) is 1. The van der Waals surface area contributed by atoms with E-state index in [4.69, 9.17) is 16.3 Å². The molecule has 0 aliphatic rings. The Morgan fingerprint density at radius 2 is 1.85 bits per heavy atom. The molecule has 0 aliphatic carbocycles. The minimum atomic E-state index is 0.660. The van der Waals surface area contributed by atoms with Crippen molar-refractivity contribution >= 4 is 17.3 Å². The van der Waals surface area contributed by atoms with Gasteiger partial charge < -0.3 is 10.1 Å². The Morgan fingerprint density at radius 3 is 2.50 bits per heavy atom. The van der Waals surface area contributed by atoms with Gasteiger partial charge in [-0.15, -0.1) is 11.6 Å². The quantitative estimate of drug-likeness (QED) is 0.796. The summed E-state index contributed by atoms with van der Waals surface area (Å²) in [6.07, 6.45) is 0.910. The summed E-state index contributed by atoms with van der Waals surface area (Å²) in [5.41, 5.74) is 4.77. The molecular formula is C17H20ClNO. The van der Waals surface area contributed by atoms with Crippen LogP contribution in [-0.2, 0) is 13.0 Å². The molecule has 0 saturated heterocycles. The number of hydrogen-bond acceptors (Lipinski definition) is 2. The summed E-state index contributed by atoms with van der Waals surface area (Å²) < 4.78 is 5.39. The SMILES string of the molecule is COc1ccc(C)cc1CNc1ccc(CCCl)cc1. The maximum atomic E-state index is 5.74. The highest BCUT2D eigenvalue weighted by Gasteiger charge is 2.03. The molecule has 0 aromatic heterocycles. The molecule has 106 valence electrons. The van der Waals surface area contributed by atoms with Crippen LogP contribution in [0.15, 0.2) is 42.5 Å². The lowest BCUT2D eigenvalue weighted by atomic mass is 10.1. The van der Waals surface area contributed by atoms with Crippen molar-refractivity contribution in [3.63, 3.8) is 0 Å². The highest BCUT2D eigenvalue weighted by Crippen LogP contribution is 2.21. The molecule has 0 radical (unpaired) electrons. The van der Waals surface area contributed by atoms with E-state index in [9.17, 15) is 0 Å². The zero-order valence-corrected chi connectivity index (χ0v) is 12.7. The maximum absolute atomic E-state index is 5.74. The number of aryl methyl sites for hydroxylation is 2. The molecule has 0 unspecified atom stereocenters. The molecule has 3 heteroatoms. The van der Waals surface area contributed by atoms with Crippen LogP contribution in [0.1, 0.15) is 16.7 Å². The van der Waals surface area contributed by atoms with Gasteiger partial charge in [0.25, 0.3) is 0 Å². The lowest BCUT2D eigenvalue weighted by molar-refractivity contribution is 0.410.